The van der Waals surface area contributed by atoms with Gasteiger partial charge in [-0.05, 0) is 51.6 Å². The van der Waals surface area contributed by atoms with Crippen LogP contribution in [0.2, 0.25) is 0 Å². The van der Waals surface area contributed by atoms with Crippen molar-refractivity contribution in [3.63, 3.8) is 0 Å². The Hall–Kier alpha value is -2.56. The maximum atomic E-state index is 13.4. The van der Waals surface area contributed by atoms with Gasteiger partial charge in [0.05, 0.1) is 6.04 Å². The summed E-state index contributed by atoms with van der Waals surface area (Å²) < 4.78 is 0. The summed E-state index contributed by atoms with van der Waals surface area (Å²) in [4.78, 5) is 31.7. The number of carbonyl (C=O) groups excluding carboxylic acids is 2. The highest BCUT2D eigenvalue weighted by atomic mass is 16.3. The smallest absolute Gasteiger partial charge is 0.323 e. The van der Waals surface area contributed by atoms with E-state index in [1.165, 1.54) is 11.1 Å². The number of aliphatic hydroxyl groups is 1. The van der Waals surface area contributed by atoms with Gasteiger partial charge in [-0.2, -0.15) is 0 Å². The van der Waals surface area contributed by atoms with Crippen molar-refractivity contribution in [3.8, 4) is 0 Å². The lowest BCUT2D eigenvalue weighted by Gasteiger charge is -2.31. The van der Waals surface area contributed by atoms with E-state index < -0.39 is 6.35 Å². The van der Waals surface area contributed by atoms with Crippen LogP contribution < -0.4 is 21.3 Å². The van der Waals surface area contributed by atoms with E-state index in [-0.39, 0.29) is 23.4 Å². The molecule has 1 spiro atoms. The highest BCUT2D eigenvalue weighted by molar-refractivity contribution is 5.78. The summed E-state index contributed by atoms with van der Waals surface area (Å²) >= 11 is 0. The first-order valence-corrected chi connectivity index (χ1v) is 13.4. The van der Waals surface area contributed by atoms with Gasteiger partial charge in [0, 0.05) is 63.3 Å². The van der Waals surface area contributed by atoms with Crippen LogP contribution in [0.4, 0.5) is 4.79 Å². The van der Waals surface area contributed by atoms with Crippen LogP contribution in [-0.4, -0.2) is 96.5 Å². The molecule has 0 bridgehead atoms. The molecule has 10 heteroatoms. The van der Waals surface area contributed by atoms with Crippen LogP contribution in [0.5, 0.6) is 0 Å². The summed E-state index contributed by atoms with van der Waals surface area (Å²) in [5.41, 5.74) is 2.39. The first-order valence-electron chi connectivity index (χ1n) is 13.4. The van der Waals surface area contributed by atoms with Crippen molar-refractivity contribution in [2.75, 3.05) is 46.3 Å². The summed E-state index contributed by atoms with van der Waals surface area (Å²) in [5.74, 6) is 0.965. The lowest BCUT2D eigenvalue weighted by Crippen LogP contribution is -2.49. The molecule has 4 atom stereocenters. The van der Waals surface area contributed by atoms with Gasteiger partial charge in [-0.25, -0.2) is 4.79 Å². The van der Waals surface area contributed by atoms with E-state index in [1.54, 1.807) is 7.05 Å². The number of likely N-dealkylation sites (tertiary alicyclic amines) is 3. The van der Waals surface area contributed by atoms with E-state index >= 15 is 0 Å². The Labute approximate surface area is 213 Å². The van der Waals surface area contributed by atoms with Crippen molar-refractivity contribution >= 4 is 11.9 Å². The fraction of sp³-hybridized carbons (Fsp3) is 0.692. The predicted molar refractivity (Wildman–Crippen MR) is 137 cm³/mol. The Kier molecular flexibility index (Phi) is 7.28. The van der Waals surface area contributed by atoms with Gasteiger partial charge >= 0.3 is 6.03 Å². The van der Waals surface area contributed by atoms with Gasteiger partial charge in [0.1, 0.15) is 5.82 Å². The molecule has 198 valence electrons. The summed E-state index contributed by atoms with van der Waals surface area (Å²) in [6, 6.07) is 0.239. The zero-order chi connectivity index (χ0) is 25.3. The van der Waals surface area contributed by atoms with Crippen molar-refractivity contribution in [1.82, 2.24) is 36.0 Å². The monoisotopic (exact) mass is 499 g/mol. The molecule has 5 rings (SSSR count). The van der Waals surface area contributed by atoms with Crippen molar-refractivity contribution < 1.29 is 14.7 Å². The third-order valence-corrected chi connectivity index (χ3v) is 8.43. The summed E-state index contributed by atoms with van der Waals surface area (Å²) in [6.07, 6.45) is 10.8. The van der Waals surface area contributed by atoms with Crippen LogP contribution in [-0.2, 0) is 4.79 Å². The predicted octanol–water partition coefficient (Wildman–Crippen LogP) is 0.607. The number of rotatable bonds is 7. The SMILES string of the molecule is CNC(O)N1CCC2(C1)CN(C(=O)NC1=CNC(C)CN1)C1CC=C(CCCC(=O)N3CCC3)C=C12. The largest absolute Gasteiger partial charge is 0.384 e. The normalized spacial score (nSPS) is 30.5. The minimum Gasteiger partial charge on any atom is -0.384 e. The first-order chi connectivity index (χ1) is 17.4. The molecule has 1 aliphatic carbocycles. The number of urea groups is 1. The Bertz CT molecular complexity index is 959. The fourth-order valence-corrected chi connectivity index (χ4v) is 6.16. The number of carbonyl (C=O) groups is 2. The van der Waals surface area contributed by atoms with Crippen molar-refractivity contribution in [1.29, 1.82) is 0 Å². The van der Waals surface area contributed by atoms with Gasteiger partial charge in [-0.3, -0.25) is 20.3 Å². The van der Waals surface area contributed by atoms with Gasteiger partial charge in [0.2, 0.25) is 5.91 Å². The summed E-state index contributed by atoms with van der Waals surface area (Å²) in [6.45, 7) is 6.78. The van der Waals surface area contributed by atoms with Crippen molar-refractivity contribution in [2.24, 2.45) is 5.41 Å². The van der Waals surface area contributed by atoms with E-state index in [0.717, 1.165) is 58.3 Å². The molecule has 4 unspecified atom stereocenters. The standard InChI is InChI=1S/C26H41N7O3/c1-18-14-29-22(15-28-18)30-25(36)33-17-26(9-12-32(16-26)24(35)27-2)20-13-19(7-8-21(20)33)5-3-6-23(34)31-10-4-11-31/h7,13,15,18,21,24,27-29,35H,3-6,8-12,14,16-17H2,1-2H3,(H,30,36). The van der Waals surface area contributed by atoms with Crippen LogP contribution in [0.1, 0.15) is 45.4 Å². The molecule has 4 aliphatic heterocycles. The van der Waals surface area contributed by atoms with Crippen LogP contribution in [0.25, 0.3) is 0 Å². The van der Waals surface area contributed by atoms with E-state index in [0.29, 0.717) is 31.4 Å². The highest BCUT2D eigenvalue weighted by Crippen LogP contribution is 2.50. The molecule has 5 aliphatic rings. The summed E-state index contributed by atoms with van der Waals surface area (Å²) in [5, 5.41) is 23.0. The number of nitrogens with one attached hydrogen (secondary N) is 4. The molecule has 36 heavy (non-hydrogen) atoms. The molecular weight excluding hydrogens is 458 g/mol. The van der Waals surface area contributed by atoms with Crippen LogP contribution in [0, 0.1) is 5.41 Å². The van der Waals surface area contributed by atoms with Gasteiger partial charge in [-0.15, -0.1) is 0 Å². The second-order valence-corrected chi connectivity index (χ2v) is 10.9. The molecular formula is C26H41N7O3. The van der Waals surface area contributed by atoms with Gasteiger partial charge in [0.25, 0.3) is 0 Å². The van der Waals surface area contributed by atoms with E-state index in [2.05, 4.69) is 45.2 Å². The average Bonchev–Trinajstić information content (AvgIpc) is 3.41. The molecule has 5 N–H and O–H groups in total. The second kappa shape index (κ2) is 10.4. The van der Waals surface area contributed by atoms with Crippen LogP contribution in [0.15, 0.2) is 35.3 Å². The number of fused-ring (bicyclic) bond motifs is 2. The van der Waals surface area contributed by atoms with Gasteiger partial charge in [0.15, 0.2) is 6.35 Å². The summed E-state index contributed by atoms with van der Waals surface area (Å²) in [7, 11) is 1.76. The number of allylic oxidation sites excluding steroid dienone is 2. The minimum atomic E-state index is -0.693. The third-order valence-electron chi connectivity index (χ3n) is 8.43. The number of amides is 3. The fourth-order valence-electron chi connectivity index (χ4n) is 6.16. The van der Waals surface area contributed by atoms with Crippen LogP contribution in [0.3, 0.4) is 0 Å². The van der Waals surface area contributed by atoms with Crippen molar-refractivity contribution in [3.05, 3.63) is 35.3 Å². The zero-order valence-electron chi connectivity index (χ0n) is 21.6. The topological polar surface area (TPSA) is 112 Å². The molecule has 0 saturated carbocycles. The Morgan fingerprint density at radius 3 is 2.81 bits per heavy atom. The molecule has 0 radical (unpaired) electrons. The Balaban J connectivity index is 1.29. The first kappa shape index (κ1) is 25.1. The van der Waals surface area contributed by atoms with E-state index in [4.69, 9.17) is 0 Å². The molecule has 4 heterocycles. The van der Waals surface area contributed by atoms with E-state index in [1.807, 2.05) is 16.0 Å². The average molecular weight is 500 g/mol. The molecule has 10 nitrogen and oxygen atoms in total. The maximum Gasteiger partial charge on any atom is 0.323 e. The molecule has 3 saturated heterocycles. The number of hydrogen-bond donors (Lipinski definition) is 5. The number of aliphatic hydroxyl groups excluding tert-OH is 1. The zero-order valence-corrected chi connectivity index (χ0v) is 21.6. The number of nitrogens with zero attached hydrogens (tertiary/aromatic N) is 3. The van der Waals surface area contributed by atoms with E-state index in [9.17, 15) is 14.7 Å². The van der Waals surface area contributed by atoms with Gasteiger partial charge < -0.3 is 25.5 Å². The lowest BCUT2D eigenvalue weighted by atomic mass is 9.76. The van der Waals surface area contributed by atoms with Crippen molar-refractivity contribution in [2.45, 2.75) is 63.9 Å². The highest BCUT2D eigenvalue weighted by Gasteiger charge is 2.54. The Morgan fingerprint density at radius 1 is 1.28 bits per heavy atom. The Morgan fingerprint density at radius 2 is 2.11 bits per heavy atom. The van der Waals surface area contributed by atoms with Gasteiger partial charge in [-0.1, -0.05) is 17.7 Å². The molecule has 0 aromatic heterocycles. The van der Waals surface area contributed by atoms with Crippen LogP contribution >= 0.6 is 0 Å². The molecule has 3 fully saturated rings. The third kappa shape index (κ3) is 4.99. The lowest BCUT2D eigenvalue weighted by molar-refractivity contribution is -0.134. The quantitative estimate of drug-likeness (QED) is 0.326. The molecule has 3 amide bonds. The maximum absolute atomic E-state index is 13.4. The molecule has 0 aromatic rings. The minimum absolute atomic E-state index is 0.0132. The number of hydrogen-bond acceptors (Lipinski definition) is 7. The molecule has 0 aromatic carbocycles. The second-order valence-electron chi connectivity index (χ2n) is 10.9.